The highest BCUT2D eigenvalue weighted by atomic mass is 16.2. The van der Waals surface area contributed by atoms with Gasteiger partial charge in [-0.3, -0.25) is 4.79 Å². The maximum Gasteiger partial charge on any atom is 0.223 e. The van der Waals surface area contributed by atoms with Crippen LogP contribution in [0.5, 0.6) is 0 Å². The molecule has 2 fully saturated rings. The highest BCUT2D eigenvalue weighted by Gasteiger charge is 2.25. The Kier molecular flexibility index (Phi) is 4.84. The molecule has 0 spiro atoms. The van der Waals surface area contributed by atoms with Crippen molar-refractivity contribution in [2.75, 3.05) is 19.6 Å². The first kappa shape index (κ1) is 12.9. The average Bonchev–Trinajstić information content (AvgIpc) is 2.58. The van der Waals surface area contributed by atoms with Crippen molar-refractivity contribution >= 4 is 5.91 Å². The summed E-state index contributed by atoms with van der Waals surface area (Å²) in [6.45, 7) is 4.96. The van der Waals surface area contributed by atoms with E-state index in [1.165, 1.54) is 38.5 Å². The molecule has 0 bridgehead atoms. The van der Waals surface area contributed by atoms with Gasteiger partial charge in [0.2, 0.25) is 5.91 Å². The smallest absolute Gasteiger partial charge is 0.223 e. The molecule has 1 aliphatic heterocycles. The first-order valence-electron chi connectivity index (χ1n) is 7.27. The zero-order valence-corrected chi connectivity index (χ0v) is 11.1. The van der Waals surface area contributed by atoms with E-state index in [9.17, 15) is 4.79 Å². The zero-order valence-electron chi connectivity index (χ0n) is 11.1. The van der Waals surface area contributed by atoms with Crippen LogP contribution < -0.4 is 5.32 Å². The molecule has 0 aromatic heterocycles. The van der Waals surface area contributed by atoms with Gasteiger partial charge in [-0.2, -0.15) is 0 Å². The van der Waals surface area contributed by atoms with Gasteiger partial charge in [0.1, 0.15) is 0 Å². The predicted octanol–water partition coefficient (Wildman–Crippen LogP) is 2.17. The molecule has 98 valence electrons. The Balaban J connectivity index is 1.82. The molecular weight excluding hydrogens is 212 g/mol. The lowest BCUT2D eigenvalue weighted by Gasteiger charge is -2.35. The minimum atomic E-state index is 0.377. The second-order valence-electron chi connectivity index (χ2n) is 5.70. The summed E-state index contributed by atoms with van der Waals surface area (Å²) in [5.74, 6) is 1.05. The van der Waals surface area contributed by atoms with Gasteiger partial charge in [0.25, 0.3) is 0 Å². The fourth-order valence-corrected chi connectivity index (χ4v) is 3.14. The third-order valence-corrected chi connectivity index (χ3v) is 4.26. The van der Waals surface area contributed by atoms with Gasteiger partial charge in [-0.05, 0) is 25.7 Å². The fourth-order valence-electron chi connectivity index (χ4n) is 3.14. The number of piperazine rings is 1. The van der Waals surface area contributed by atoms with Crippen LogP contribution in [0, 0.1) is 5.92 Å². The van der Waals surface area contributed by atoms with E-state index in [0.29, 0.717) is 17.9 Å². The number of carbonyl (C=O) groups excluding carboxylic acids is 1. The molecule has 1 saturated carbocycles. The minimum absolute atomic E-state index is 0.377. The average molecular weight is 238 g/mol. The Morgan fingerprint density at radius 1 is 1.24 bits per heavy atom. The number of carbonyl (C=O) groups is 1. The largest absolute Gasteiger partial charge is 0.337 e. The van der Waals surface area contributed by atoms with Gasteiger partial charge in [-0.15, -0.1) is 0 Å². The molecule has 2 aliphatic rings. The zero-order chi connectivity index (χ0) is 12.1. The summed E-state index contributed by atoms with van der Waals surface area (Å²) in [6.07, 6.45) is 8.73. The maximum absolute atomic E-state index is 12.3. The fraction of sp³-hybridized carbons (Fsp3) is 0.929. The van der Waals surface area contributed by atoms with Gasteiger partial charge in [-0.25, -0.2) is 0 Å². The third kappa shape index (κ3) is 3.70. The molecule has 3 heteroatoms. The van der Waals surface area contributed by atoms with E-state index in [2.05, 4.69) is 17.1 Å². The lowest BCUT2D eigenvalue weighted by atomic mass is 9.95. The molecule has 1 heterocycles. The molecule has 0 radical (unpaired) electrons. The standard InChI is InChI=1S/C14H26N2O/c1-12-11-15-8-9-16(12)14(17)10-13-6-4-2-3-5-7-13/h12-13,15H,2-11H2,1H3/t12-/m0/s1. The molecule has 17 heavy (non-hydrogen) atoms. The summed E-state index contributed by atoms with van der Waals surface area (Å²) < 4.78 is 0. The summed E-state index contributed by atoms with van der Waals surface area (Å²) in [7, 11) is 0. The Morgan fingerprint density at radius 2 is 1.94 bits per heavy atom. The van der Waals surface area contributed by atoms with Crippen molar-refractivity contribution in [2.24, 2.45) is 5.92 Å². The van der Waals surface area contributed by atoms with Crippen LogP contribution in [0.4, 0.5) is 0 Å². The number of nitrogens with zero attached hydrogens (tertiary/aromatic N) is 1. The summed E-state index contributed by atoms with van der Waals surface area (Å²) in [4.78, 5) is 14.4. The molecule has 1 saturated heterocycles. The highest BCUT2D eigenvalue weighted by molar-refractivity contribution is 5.77. The minimum Gasteiger partial charge on any atom is -0.337 e. The van der Waals surface area contributed by atoms with Crippen LogP contribution >= 0.6 is 0 Å². The number of rotatable bonds is 2. The van der Waals surface area contributed by atoms with E-state index in [-0.39, 0.29) is 0 Å². The van der Waals surface area contributed by atoms with Crippen LogP contribution in [-0.2, 0) is 4.79 Å². The van der Waals surface area contributed by atoms with Gasteiger partial charge in [0, 0.05) is 32.1 Å². The second-order valence-corrected chi connectivity index (χ2v) is 5.70. The van der Waals surface area contributed by atoms with Gasteiger partial charge in [-0.1, -0.05) is 25.7 Å². The SMILES string of the molecule is C[C@H]1CNCCN1C(=O)CC1CCCCCC1. The number of hydrogen-bond acceptors (Lipinski definition) is 2. The predicted molar refractivity (Wildman–Crippen MR) is 69.9 cm³/mol. The monoisotopic (exact) mass is 238 g/mol. The molecule has 0 unspecified atom stereocenters. The first-order chi connectivity index (χ1) is 8.27. The van der Waals surface area contributed by atoms with E-state index in [1.54, 1.807) is 0 Å². The summed E-state index contributed by atoms with van der Waals surface area (Å²) in [6, 6.07) is 0.377. The maximum atomic E-state index is 12.3. The lowest BCUT2D eigenvalue weighted by molar-refractivity contribution is -0.135. The van der Waals surface area contributed by atoms with Crippen LogP contribution in [0.15, 0.2) is 0 Å². The molecule has 1 atom stereocenters. The van der Waals surface area contributed by atoms with Crippen LogP contribution in [0.3, 0.4) is 0 Å². The van der Waals surface area contributed by atoms with Crippen LogP contribution in [0.2, 0.25) is 0 Å². The van der Waals surface area contributed by atoms with Crippen molar-refractivity contribution in [3.05, 3.63) is 0 Å². The molecule has 1 N–H and O–H groups in total. The molecule has 1 aliphatic carbocycles. The quantitative estimate of drug-likeness (QED) is 0.748. The van der Waals surface area contributed by atoms with Crippen LogP contribution in [0.1, 0.15) is 51.9 Å². The second kappa shape index (κ2) is 6.39. The molecule has 1 amide bonds. The van der Waals surface area contributed by atoms with E-state index in [1.807, 2.05) is 0 Å². The molecule has 0 aromatic rings. The van der Waals surface area contributed by atoms with Crippen molar-refractivity contribution in [3.8, 4) is 0 Å². The van der Waals surface area contributed by atoms with Gasteiger partial charge < -0.3 is 10.2 Å². The highest BCUT2D eigenvalue weighted by Crippen LogP contribution is 2.26. The van der Waals surface area contributed by atoms with E-state index < -0.39 is 0 Å². The summed E-state index contributed by atoms with van der Waals surface area (Å²) in [5.41, 5.74) is 0. The molecule has 2 rings (SSSR count). The van der Waals surface area contributed by atoms with Crippen molar-refractivity contribution in [1.29, 1.82) is 0 Å². The van der Waals surface area contributed by atoms with E-state index >= 15 is 0 Å². The molecular formula is C14H26N2O. The van der Waals surface area contributed by atoms with Crippen molar-refractivity contribution in [3.63, 3.8) is 0 Å². The normalized spacial score (nSPS) is 27.8. The van der Waals surface area contributed by atoms with Gasteiger partial charge in [0.15, 0.2) is 0 Å². The third-order valence-electron chi connectivity index (χ3n) is 4.26. The Bertz CT molecular complexity index is 247. The molecule has 3 nitrogen and oxygen atoms in total. The van der Waals surface area contributed by atoms with E-state index in [0.717, 1.165) is 26.1 Å². The van der Waals surface area contributed by atoms with Crippen LogP contribution in [-0.4, -0.2) is 36.5 Å². The number of hydrogen-bond donors (Lipinski definition) is 1. The van der Waals surface area contributed by atoms with E-state index in [4.69, 9.17) is 0 Å². The topological polar surface area (TPSA) is 32.3 Å². The van der Waals surface area contributed by atoms with Crippen molar-refractivity contribution in [2.45, 2.75) is 57.9 Å². The molecule has 0 aromatic carbocycles. The summed E-state index contributed by atoms with van der Waals surface area (Å²) >= 11 is 0. The Labute approximate surface area is 105 Å². The number of nitrogens with one attached hydrogen (secondary N) is 1. The summed E-state index contributed by atoms with van der Waals surface area (Å²) in [5, 5.41) is 3.34. The van der Waals surface area contributed by atoms with Gasteiger partial charge >= 0.3 is 0 Å². The Hall–Kier alpha value is -0.570. The van der Waals surface area contributed by atoms with Crippen molar-refractivity contribution in [1.82, 2.24) is 10.2 Å². The Morgan fingerprint density at radius 3 is 2.59 bits per heavy atom. The number of amides is 1. The van der Waals surface area contributed by atoms with Gasteiger partial charge in [0.05, 0.1) is 0 Å². The lowest BCUT2D eigenvalue weighted by Crippen LogP contribution is -2.52. The van der Waals surface area contributed by atoms with Crippen molar-refractivity contribution < 1.29 is 4.79 Å². The van der Waals surface area contributed by atoms with Crippen LogP contribution in [0.25, 0.3) is 0 Å². The first-order valence-corrected chi connectivity index (χ1v) is 7.27.